The largest absolute Gasteiger partial charge is 0.327 e. The van der Waals surface area contributed by atoms with E-state index in [0.717, 1.165) is 12.5 Å². The van der Waals surface area contributed by atoms with E-state index in [1.165, 1.54) is 32.2 Å². The molecule has 88 valence electrons. The van der Waals surface area contributed by atoms with Crippen LogP contribution in [-0.2, 0) is 0 Å². The molecule has 0 amide bonds. The predicted molar refractivity (Wildman–Crippen MR) is 68.6 cm³/mol. The van der Waals surface area contributed by atoms with Crippen molar-refractivity contribution < 1.29 is 0 Å². The van der Waals surface area contributed by atoms with Gasteiger partial charge in [-0.05, 0) is 49.6 Å². The zero-order chi connectivity index (χ0) is 11.0. The molecule has 3 heteroatoms. The van der Waals surface area contributed by atoms with E-state index in [9.17, 15) is 0 Å². The van der Waals surface area contributed by atoms with Crippen molar-refractivity contribution in [1.82, 2.24) is 4.90 Å². The normalized spacial score (nSPS) is 29.2. The van der Waals surface area contributed by atoms with E-state index in [2.05, 4.69) is 22.4 Å². The van der Waals surface area contributed by atoms with Gasteiger partial charge in [0.25, 0.3) is 0 Å². The highest BCUT2D eigenvalue weighted by atomic mass is 32.1. The molecule has 3 rings (SSSR count). The molecule has 2 atom stereocenters. The minimum Gasteiger partial charge on any atom is -0.327 e. The standard InChI is InChI=1S/C13H20N2S/c14-11-3-1-7-15(9-11)13(10-5-6-10)12-4-2-8-16-12/h2,4,8,10-11,13H,1,3,5-7,9,14H2. The van der Waals surface area contributed by atoms with Crippen molar-refractivity contribution in [3.05, 3.63) is 22.4 Å². The van der Waals surface area contributed by atoms with Crippen molar-refractivity contribution in [2.45, 2.75) is 37.8 Å². The molecule has 1 aromatic heterocycles. The quantitative estimate of drug-likeness (QED) is 0.874. The maximum Gasteiger partial charge on any atom is 0.0470 e. The molecule has 0 bridgehead atoms. The Morgan fingerprint density at radius 2 is 2.25 bits per heavy atom. The first-order valence-corrected chi connectivity index (χ1v) is 7.25. The first-order chi connectivity index (χ1) is 7.84. The molecule has 1 saturated heterocycles. The van der Waals surface area contributed by atoms with Gasteiger partial charge in [-0.15, -0.1) is 11.3 Å². The zero-order valence-electron chi connectivity index (χ0n) is 9.64. The van der Waals surface area contributed by atoms with Crippen LogP contribution in [0.1, 0.15) is 36.6 Å². The number of nitrogens with zero attached hydrogens (tertiary/aromatic N) is 1. The summed E-state index contributed by atoms with van der Waals surface area (Å²) in [6.07, 6.45) is 5.30. The van der Waals surface area contributed by atoms with E-state index in [-0.39, 0.29) is 0 Å². The Morgan fingerprint density at radius 3 is 2.88 bits per heavy atom. The van der Waals surface area contributed by atoms with Crippen LogP contribution in [0.15, 0.2) is 17.5 Å². The summed E-state index contributed by atoms with van der Waals surface area (Å²) in [5.41, 5.74) is 6.10. The molecule has 2 heterocycles. The number of hydrogen-bond donors (Lipinski definition) is 1. The van der Waals surface area contributed by atoms with E-state index in [0.29, 0.717) is 12.1 Å². The Balaban J connectivity index is 1.77. The Morgan fingerprint density at radius 1 is 1.38 bits per heavy atom. The molecule has 2 nitrogen and oxygen atoms in total. The Bertz CT molecular complexity index is 332. The van der Waals surface area contributed by atoms with Gasteiger partial charge in [0.1, 0.15) is 0 Å². The maximum absolute atomic E-state index is 6.10. The molecule has 2 aliphatic rings. The molecule has 0 aromatic carbocycles. The average Bonchev–Trinajstić information content (AvgIpc) is 2.94. The smallest absolute Gasteiger partial charge is 0.0470 e. The van der Waals surface area contributed by atoms with Gasteiger partial charge in [0.15, 0.2) is 0 Å². The number of hydrogen-bond acceptors (Lipinski definition) is 3. The summed E-state index contributed by atoms with van der Waals surface area (Å²) in [6.45, 7) is 2.34. The lowest BCUT2D eigenvalue weighted by Crippen LogP contribution is -2.44. The van der Waals surface area contributed by atoms with E-state index in [4.69, 9.17) is 5.73 Å². The molecule has 2 fully saturated rings. The summed E-state index contributed by atoms with van der Waals surface area (Å²) in [7, 11) is 0. The van der Waals surface area contributed by atoms with E-state index in [1.54, 1.807) is 4.88 Å². The minimum absolute atomic E-state index is 0.398. The van der Waals surface area contributed by atoms with Crippen LogP contribution in [-0.4, -0.2) is 24.0 Å². The molecular formula is C13H20N2S. The lowest BCUT2D eigenvalue weighted by molar-refractivity contribution is 0.136. The summed E-state index contributed by atoms with van der Waals surface area (Å²) >= 11 is 1.91. The van der Waals surface area contributed by atoms with Gasteiger partial charge in [-0.3, -0.25) is 4.90 Å². The van der Waals surface area contributed by atoms with Crippen molar-refractivity contribution >= 4 is 11.3 Å². The number of thiophene rings is 1. The van der Waals surface area contributed by atoms with Crippen LogP contribution in [0.5, 0.6) is 0 Å². The number of piperidine rings is 1. The zero-order valence-corrected chi connectivity index (χ0v) is 10.5. The third-order valence-electron chi connectivity index (χ3n) is 3.79. The third kappa shape index (κ3) is 2.17. The van der Waals surface area contributed by atoms with Gasteiger partial charge < -0.3 is 5.73 Å². The molecule has 1 aromatic rings. The van der Waals surface area contributed by atoms with Gasteiger partial charge in [-0.1, -0.05) is 6.07 Å². The van der Waals surface area contributed by atoms with Crippen LogP contribution in [0.4, 0.5) is 0 Å². The molecule has 16 heavy (non-hydrogen) atoms. The molecular weight excluding hydrogens is 216 g/mol. The van der Waals surface area contributed by atoms with Crippen molar-refractivity contribution in [2.75, 3.05) is 13.1 Å². The van der Waals surface area contributed by atoms with E-state index in [1.807, 2.05) is 11.3 Å². The third-order valence-corrected chi connectivity index (χ3v) is 4.73. The molecule has 1 aliphatic heterocycles. The van der Waals surface area contributed by atoms with Gasteiger partial charge in [-0.25, -0.2) is 0 Å². The van der Waals surface area contributed by atoms with Crippen molar-refractivity contribution in [3.63, 3.8) is 0 Å². The summed E-state index contributed by atoms with van der Waals surface area (Å²) in [6, 6.07) is 5.55. The summed E-state index contributed by atoms with van der Waals surface area (Å²) in [5.74, 6) is 0.906. The minimum atomic E-state index is 0.398. The molecule has 1 aliphatic carbocycles. The highest BCUT2D eigenvalue weighted by Gasteiger charge is 2.38. The summed E-state index contributed by atoms with van der Waals surface area (Å²) in [5, 5.41) is 2.20. The van der Waals surface area contributed by atoms with E-state index >= 15 is 0 Å². The predicted octanol–water partition coefficient (Wildman–Crippen LogP) is 2.62. The molecule has 2 unspecified atom stereocenters. The molecule has 0 radical (unpaired) electrons. The Labute approximate surface area is 101 Å². The van der Waals surface area contributed by atoms with Crippen molar-refractivity contribution in [1.29, 1.82) is 0 Å². The maximum atomic E-state index is 6.10. The van der Waals surface area contributed by atoms with Gasteiger partial charge in [-0.2, -0.15) is 0 Å². The number of rotatable bonds is 3. The second-order valence-corrected chi connectivity index (χ2v) is 6.17. The van der Waals surface area contributed by atoms with Crippen LogP contribution in [0.2, 0.25) is 0 Å². The van der Waals surface area contributed by atoms with Crippen LogP contribution in [0.3, 0.4) is 0 Å². The first-order valence-electron chi connectivity index (χ1n) is 6.37. The van der Waals surface area contributed by atoms with E-state index < -0.39 is 0 Å². The average molecular weight is 236 g/mol. The fraction of sp³-hybridized carbons (Fsp3) is 0.692. The Kier molecular flexibility index (Phi) is 3.01. The van der Waals surface area contributed by atoms with Gasteiger partial charge in [0, 0.05) is 23.5 Å². The Hall–Kier alpha value is -0.380. The van der Waals surface area contributed by atoms with Gasteiger partial charge >= 0.3 is 0 Å². The van der Waals surface area contributed by atoms with Crippen LogP contribution >= 0.6 is 11.3 Å². The molecule has 0 spiro atoms. The van der Waals surface area contributed by atoms with Crippen molar-refractivity contribution in [3.8, 4) is 0 Å². The highest BCUT2D eigenvalue weighted by molar-refractivity contribution is 7.10. The fourth-order valence-corrected chi connectivity index (χ4v) is 3.83. The topological polar surface area (TPSA) is 29.3 Å². The summed E-state index contributed by atoms with van der Waals surface area (Å²) < 4.78 is 0. The lowest BCUT2D eigenvalue weighted by atomic mass is 10.0. The monoisotopic (exact) mass is 236 g/mol. The highest BCUT2D eigenvalue weighted by Crippen LogP contribution is 2.46. The van der Waals surface area contributed by atoms with Crippen LogP contribution < -0.4 is 5.73 Å². The fourth-order valence-electron chi connectivity index (χ4n) is 2.87. The SMILES string of the molecule is NC1CCCN(C(c2cccs2)C2CC2)C1. The second kappa shape index (κ2) is 4.47. The number of nitrogens with two attached hydrogens (primary N) is 1. The van der Waals surface area contributed by atoms with Gasteiger partial charge in [0.2, 0.25) is 0 Å². The van der Waals surface area contributed by atoms with Crippen LogP contribution in [0, 0.1) is 5.92 Å². The summed E-state index contributed by atoms with van der Waals surface area (Å²) in [4.78, 5) is 4.19. The van der Waals surface area contributed by atoms with Crippen molar-refractivity contribution in [2.24, 2.45) is 11.7 Å². The van der Waals surface area contributed by atoms with Gasteiger partial charge in [0.05, 0.1) is 0 Å². The molecule has 1 saturated carbocycles. The van der Waals surface area contributed by atoms with Crippen LogP contribution in [0.25, 0.3) is 0 Å². The second-order valence-electron chi connectivity index (χ2n) is 5.19. The lowest BCUT2D eigenvalue weighted by Gasteiger charge is -2.37. The molecule has 2 N–H and O–H groups in total. The first kappa shape index (κ1) is 10.8. The number of likely N-dealkylation sites (tertiary alicyclic amines) is 1.